The molecule has 0 bridgehead atoms. The number of hydrogen-bond donors (Lipinski definition) is 1. The zero-order valence-electron chi connectivity index (χ0n) is 11.6. The molecule has 1 N–H and O–H groups in total. The number of benzene rings is 1. The van der Waals surface area contributed by atoms with Crippen molar-refractivity contribution < 1.29 is 14.3 Å². The highest BCUT2D eigenvalue weighted by atomic mass is 16.6. The minimum atomic E-state index is -0.275. The third kappa shape index (κ3) is 4.04. The molecule has 1 aliphatic rings. The first-order valence-corrected chi connectivity index (χ1v) is 6.74. The Kier molecular flexibility index (Phi) is 4.93. The highest BCUT2D eigenvalue weighted by Gasteiger charge is 2.14. The number of carbonyl (C=O) groups excluding carboxylic acids is 1. The average molecular weight is 263 g/mol. The molecular weight excluding hydrogens is 242 g/mol. The maximum atomic E-state index is 11.8. The lowest BCUT2D eigenvalue weighted by atomic mass is 10.1. The number of fused-ring (bicyclic) bond motifs is 1. The molecule has 4 nitrogen and oxygen atoms in total. The van der Waals surface area contributed by atoms with Crippen LogP contribution in [0.25, 0.3) is 0 Å². The number of esters is 1. The summed E-state index contributed by atoms with van der Waals surface area (Å²) in [7, 11) is 0. The van der Waals surface area contributed by atoms with Crippen molar-refractivity contribution in [1.29, 1.82) is 0 Å². The standard InChI is InChI=1S/C15H21NO3/c1-11(2)10-18-5-6-19-15(17)12-3-4-13-8-16-9-14(13)7-12/h3-4,7,11,16H,5-6,8-10H2,1-2H3. The molecule has 0 saturated carbocycles. The van der Waals surface area contributed by atoms with Gasteiger partial charge in [-0.2, -0.15) is 0 Å². The van der Waals surface area contributed by atoms with Gasteiger partial charge in [0.05, 0.1) is 12.2 Å². The highest BCUT2D eigenvalue weighted by Crippen LogP contribution is 2.17. The molecule has 0 aromatic heterocycles. The number of rotatable bonds is 6. The van der Waals surface area contributed by atoms with Crippen LogP contribution in [0.2, 0.25) is 0 Å². The fraction of sp³-hybridized carbons (Fsp3) is 0.533. The molecule has 0 unspecified atom stereocenters. The van der Waals surface area contributed by atoms with Gasteiger partial charge in [-0.1, -0.05) is 19.9 Å². The Bertz CT molecular complexity index is 443. The van der Waals surface area contributed by atoms with Crippen LogP contribution in [-0.4, -0.2) is 25.8 Å². The number of hydrogen-bond acceptors (Lipinski definition) is 4. The van der Waals surface area contributed by atoms with Crippen LogP contribution in [0.5, 0.6) is 0 Å². The van der Waals surface area contributed by atoms with Crippen molar-refractivity contribution in [3.8, 4) is 0 Å². The van der Waals surface area contributed by atoms with Crippen LogP contribution >= 0.6 is 0 Å². The van der Waals surface area contributed by atoms with Gasteiger partial charge in [0.15, 0.2) is 0 Å². The maximum Gasteiger partial charge on any atom is 0.338 e. The normalized spacial score (nSPS) is 13.6. The van der Waals surface area contributed by atoms with Crippen molar-refractivity contribution in [3.05, 3.63) is 34.9 Å². The Morgan fingerprint density at radius 1 is 1.26 bits per heavy atom. The Morgan fingerprint density at radius 3 is 2.84 bits per heavy atom. The van der Waals surface area contributed by atoms with Gasteiger partial charge in [0, 0.05) is 19.7 Å². The quantitative estimate of drug-likeness (QED) is 0.631. The number of carbonyl (C=O) groups is 1. The molecule has 1 aliphatic heterocycles. The van der Waals surface area contributed by atoms with Gasteiger partial charge in [-0.05, 0) is 29.2 Å². The second kappa shape index (κ2) is 6.68. The van der Waals surface area contributed by atoms with Gasteiger partial charge in [0.2, 0.25) is 0 Å². The average Bonchev–Trinajstić information content (AvgIpc) is 2.84. The molecule has 0 amide bonds. The van der Waals surface area contributed by atoms with E-state index in [9.17, 15) is 4.79 Å². The molecule has 4 heteroatoms. The molecule has 1 aromatic carbocycles. The molecule has 1 heterocycles. The third-order valence-electron chi connectivity index (χ3n) is 2.98. The minimum Gasteiger partial charge on any atom is -0.460 e. The van der Waals surface area contributed by atoms with Gasteiger partial charge in [-0.3, -0.25) is 0 Å². The Labute approximate surface area is 114 Å². The summed E-state index contributed by atoms with van der Waals surface area (Å²) in [6.07, 6.45) is 0. The minimum absolute atomic E-state index is 0.275. The Balaban J connectivity index is 1.77. The molecular formula is C15H21NO3. The molecule has 104 valence electrons. The zero-order chi connectivity index (χ0) is 13.7. The number of ether oxygens (including phenoxy) is 2. The van der Waals surface area contributed by atoms with E-state index >= 15 is 0 Å². The first kappa shape index (κ1) is 14.0. The highest BCUT2D eigenvalue weighted by molar-refractivity contribution is 5.89. The lowest BCUT2D eigenvalue weighted by Crippen LogP contribution is -2.13. The summed E-state index contributed by atoms with van der Waals surface area (Å²) in [5.41, 5.74) is 3.06. The fourth-order valence-corrected chi connectivity index (χ4v) is 2.02. The Morgan fingerprint density at radius 2 is 2.05 bits per heavy atom. The summed E-state index contributed by atoms with van der Waals surface area (Å²) in [6.45, 7) is 7.34. The molecule has 2 rings (SSSR count). The Hall–Kier alpha value is -1.39. The van der Waals surface area contributed by atoms with Crippen molar-refractivity contribution in [2.45, 2.75) is 26.9 Å². The second-order valence-electron chi connectivity index (χ2n) is 5.19. The summed E-state index contributed by atoms with van der Waals surface area (Å²) in [6, 6.07) is 5.72. The van der Waals surface area contributed by atoms with Crippen LogP contribution in [0.3, 0.4) is 0 Å². The van der Waals surface area contributed by atoms with Gasteiger partial charge < -0.3 is 14.8 Å². The van der Waals surface area contributed by atoms with Gasteiger partial charge in [0.25, 0.3) is 0 Å². The lowest BCUT2D eigenvalue weighted by Gasteiger charge is -2.08. The second-order valence-corrected chi connectivity index (χ2v) is 5.19. The van der Waals surface area contributed by atoms with Crippen LogP contribution in [0.15, 0.2) is 18.2 Å². The van der Waals surface area contributed by atoms with Crippen LogP contribution in [0, 0.1) is 5.92 Å². The monoisotopic (exact) mass is 263 g/mol. The fourth-order valence-electron chi connectivity index (χ4n) is 2.02. The van der Waals surface area contributed by atoms with Crippen molar-refractivity contribution >= 4 is 5.97 Å². The summed E-state index contributed by atoms with van der Waals surface area (Å²) < 4.78 is 10.6. The number of nitrogens with one attached hydrogen (secondary N) is 1. The van der Waals surface area contributed by atoms with Crippen molar-refractivity contribution in [2.75, 3.05) is 19.8 Å². The zero-order valence-corrected chi connectivity index (χ0v) is 11.6. The van der Waals surface area contributed by atoms with Crippen molar-refractivity contribution in [1.82, 2.24) is 5.32 Å². The summed E-state index contributed by atoms with van der Waals surface area (Å²) >= 11 is 0. The molecule has 0 spiro atoms. The van der Waals surface area contributed by atoms with E-state index in [1.165, 1.54) is 11.1 Å². The van der Waals surface area contributed by atoms with Gasteiger partial charge in [-0.25, -0.2) is 4.79 Å². The van der Waals surface area contributed by atoms with Gasteiger partial charge in [-0.15, -0.1) is 0 Å². The predicted octanol–water partition coefficient (Wildman–Crippen LogP) is 2.12. The van der Waals surface area contributed by atoms with E-state index in [0.29, 0.717) is 31.3 Å². The van der Waals surface area contributed by atoms with E-state index in [4.69, 9.17) is 9.47 Å². The molecule has 19 heavy (non-hydrogen) atoms. The summed E-state index contributed by atoms with van der Waals surface area (Å²) in [5, 5.41) is 3.25. The van der Waals surface area contributed by atoms with Gasteiger partial charge in [0.1, 0.15) is 6.61 Å². The smallest absolute Gasteiger partial charge is 0.338 e. The van der Waals surface area contributed by atoms with E-state index in [1.54, 1.807) is 0 Å². The topological polar surface area (TPSA) is 47.6 Å². The van der Waals surface area contributed by atoms with Crippen LogP contribution in [0.4, 0.5) is 0 Å². The molecule has 0 fully saturated rings. The molecule has 0 radical (unpaired) electrons. The van der Waals surface area contributed by atoms with Crippen LogP contribution < -0.4 is 5.32 Å². The SMILES string of the molecule is CC(C)COCCOC(=O)c1ccc2c(c1)CNC2. The molecule has 1 aromatic rings. The summed E-state index contributed by atoms with van der Waals surface area (Å²) in [5.74, 6) is 0.225. The largest absolute Gasteiger partial charge is 0.460 e. The molecule has 0 saturated heterocycles. The van der Waals surface area contributed by atoms with Crippen LogP contribution in [-0.2, 0) is 22.6 Å². The summed E-state index contributed by atoms with van der Waals surface area (Å²) in [4.78, 5) is 11.8. The first-order chi connectivity index (χ1) is 9.16. The van der Waals surface area contributed by atoms with E-state index in [-0.39, 0.29) is 5.97 Å². The van der Waals surface area contributed by atoms with E-state index in [1.807, 2.05) is 18.2 Å². The molecule has 0 atom stereocenters. The first-order valence-electron chi connectivity index (χ1n) is 6.74. The van der Waals surface area contributed by atoms with E-state index < -0.39 is 0 Å². The molecule has 0 aliphatic carbocycles. The van der Waals surface area contributed by atoms with Crippen molar-refractivity contribution in [3.63, 3.8) is 0 Å². The van der Waals surface area contributed by atoms with E-state index in [2.05, 4.69) is 19.2 Å². The van der Waals surface area contributed by atoms with Crippen LogP contribution in [0.1, 0.15) is 35.3 Å². The maximum absolute atomic E-state index is 11.8. The van der Waals surface area contributed by atoms with Crippen molar-refractivity contribution in [2.24, 2.45) is 5.92 Å². The third-order valence-corrected chi connectivity index (χ3v) is 2.98. The van der Waals surface area contributed by atoms with Gasteiger partial charge >= 0.3 is 5.97 Å². The predicted molar refractivity (Wildman–Crippen MR) is 72.9 cm³/mol. The lowest BCUT2D eigenvalue weighted by molar-refractivity contribution is 0.0277. The van der Waals surface area contributed by atoms with E-state index in [0.717, 1.165) is 13.1 Å².